The second-order valence-corrected chi connectivity index (χ2v) is 9.29. The molecule has 4 rings (SSSR count). The van der Waals surface area contributed by atoms with Gasteiger partial charge >= 0.3 is 6.18 Å². The van der Waals surface area contributed by atoms with Gasteiger partial charge in [0, 0.05) is 31.6 Å². The van der Waals surface area contributed by atoms with E-state index in [0.717, 1.165) is 4.68 Å². The number of aryl methyl sites for hydroxylation is 1. The first-order valence-electron chi connectivity index (χ1n) is 11.6. The molecule has 0 spiro atoms. The fourth-order valence-corrected chi connectivity index (χ4v) is 4.46. The number of ether oxygens (including phenoxy) is 2. The summed E-state index contributed by atoms with van der Waals surface area (Å²) in [6.45, 7) is 4.63. The number of halogens is 3. The summed E-state index contributed by atoms with van der Waals surface area (Å²) >= 11 is 0. The highest BCUT2D eigenvalue weighted by atomic mass is 19.4. The minimum Gasteiger partial charge on any atom is -0.480 e. The Morgan fingerprint density at radius 1 is 1.18 bits per heavy atom. The second kappa shape index (κ2) is 10.0. The first-order valence-corrected chi connectivity index (χ1v) is 11.6. The Kier molecular flexibility index (Phi) is 7.15. The number of hydrogen-bond donors (Lipinski definition) is 1. The Morgan fingerprint density at radius 2 is 1.92 bits per heavy atom. The van der Waals surface area contributed by atoms with Gasteiger partial charge in [0.2, 0.25) is 5.88 Å². The monoisotopic (exact) mass is 532 g/mol. The molecule has 1 aliphatic heterocycles. The van der Waals surface area contributed by atoms with Gasteiger partial charge in [-0.05, 0) is 38.5 Å². The van der Waals surface area contributed by atoms with Crippen LogP contribution in [-0.2, 0) is 16.8 Å². The van der Waals surface area contributed by atoms with Crippen molar-refractivity contribution in [3.63, 3.8) is 0 Å². The van der Waals surface area contributed by atoms with Crippen molar-refractivity contribution < 1.29 is 32.2 Å². The molecule has 0 aliphatic carbocycles. The lowest BCUT2D eigenvalue weighted by atomic mass is 9.96. The summed E-state index contributed by atoms with van der Waals surface area (Å²) in [6, 6.07) is 3.31. The highest BCUT2D eigenvalue weighted by molar-refractivity contribution is 6.12. The van der Waals surface area contributed by atoms with Crippen LogP contribution < -0.4 is 15.0 Å². The zero-order valence-electron chi connectivity index (χ0n) is 21.5. The lowest BCUT2D eigenvalue weighted by Gasteiger charge is -2.30. The van der Waals surface area contributed by atoms with Crippen molar-refractivity contribution in [3.8, 4) is 17.1 Å². The lowest BCUT2D eigenvalue weighted by Crippen LogP contribution is -2.39. The van der Waals surface area contributed by atoms with E-state index >= 15 is 0 Å². The molecular formula is C25H27F3N6O4. The number of carbonyl (C=O) groups excluding carboxylic acids is 2. The minimum atomic E-state index is -4.45. The van der Waals surface area contributed by atoms with Crippen LogP contribution >= 0.6 is 0 Å². The summed E-state index contributed by atoms with van der Waals surface area (Å²) in [7, 11) is 2.93. The third-order valence-corrected chi connectivity index (χ3v) is 6.17. The quantitative estimate of drug-likeness (QED) is 0.442. The van der Waals surface area contributed by atoms with Gasteiger partial charge in [-0.2, -0.15) is 18.3 Å². The number of anilines is 1. The van der Waals surface area contributed by atoms with Crippen LogP contribution in [0.1, 0.15) is 45.8 Å². The topological polar surface area (TPSA) is 111 Å². The number of alkyl halides is 3. The van der Waals surface area contributed by atoms with Crippen molar-refractivity contribution in [2.24, 2.45) is 0 Å². The number of pyridine rings is 2. The summed E-state index contributed by atoms with van der Waals surface area (Å²) in [5, 5.41) is 6.51. The molecule has 3 aromatic heterocycles. The fourth-order valence-electron chi connectivity index (χ4n) is 4.46. The van der Waals surface area contributed by atoms with Gasteiger partial charge in [-0.3, -0.25) is 19.2 Å². The highest BCUT2D eigenvalue weighted by Gasteiger charge is 2.47. The first-order chi connectivity index (χ1) is 17.9. The molecule has 1 aliphatic rings. The predicted octanol–water partition coefficient (Wildman–Crippen LogP) is 3.49. The van der Waals surface area contributed by atoms with Crippen LogP contribution in [0, 0.1) is 6.92 Å². The van der Waals surface area contributed by atoms with E-state index in [1.54, 1.807) is 32.9 Å². The van der Waals surface area contributed by atoms with Crippen molar-refractivity contribution in [3.05, 3.63) is 53.1 Å². The first kappa shape index (κ1) is 27.0. The average Bonchev–Trinajstić information content (AvgIpc) is 3.36. The number of fused-ring (bicyclic) bond motifs is 1. The minimum absolute atomic E-state index is 0.138. The third-order valence-electron chi connectivity index (χ3n) is 6.17. The molecule has 0 bridgehead atoms. The number of rotatable bonds is 8. The van der Waals surface area contributed by atoms with Crippen molar-refractivity contribution in [1.82, 2.24) is 25.1 Å². The number of carbonyl (C=O) groups is 2. The van der Waals surface area contributed by atoms with Gasteiger partial charge in [0.25, 0.3) is 11.8 Å². The van der Waals surface area contributed by atoms with Crippen LogP contribution in [0.15, 0.2) is 30.7 Å². The van der Waals surface area contributed by atoms with E-state index in [1.807, 2.05) is 0 Å². The van der Waals surface area contributed by atoms with Gasteiger partial charge in [0.05, 0.1) is 48.1 Å². The molecule has 0 radical (unpaired) electrons. The standard InChI is InChI=1S/C25H27F3N6O4/c1-14-8-18(15-9-17(22(38-5)30-10-15)21(35)29-6-7-37-4)32-20-19(14)23(36)34(24(20,2)3)16-11-31-33(12-16)13-25(26,27)28/h8-12H,6-7,13H2,1-5H3,(H,29,35). The Labute approximate surface area is 216 Å². The van der Waals surface area contributed by atoms with Crippen molar-refractivity contribution in [2.45, 2.75) is 39.0 Å². The van der Waals surface area contributed by atoms with Gasteiger partial charge < -0.3 is 14.8 Å². The van der Waals surface area contributed by atoms with Crippen LogP contribution in [0.25, 0.3) is 11.3 Å². The number of nitrogens with zero attached hydrogens (tertiary/aromatic N) is 5. The number of nitrogens with one attached hydrogen (secondary N) is 1. The third kappa shape index (κ3) is 5.05. The molecule has 13 heteroatoms. The molecule has 3 aromatic rings. The van der Waals surface area contributed by atoms with Gasteiger partial charge in [0.1, 0.15) is 12.1 Å². The van der Waals surface area contributed by atoms with Crippen LogP contribution in [0.3, 0.4) is 0 Å². The molecule has 0 fully saturated rings. The normalized spacial score (nSPS) is 14.5. The zero-order valence-corrected chi connectivity index (χ0v) is 21.5. The molecule has 202 valence electrons. The number of amides is 2. The van der Waals surface area contributed by atoms with E-state index in [2.05, 4.69) is 15.4 Å². The highest BCUT2D eigenvalue weighted by Crippen LogP contribution is 2.43. The summed E-state index contributed by atoms with van der Waals surface area (Å²) < 4.78 is 49.5. The van der Waals surface area contributed by atoms with E-state index in [-0.39, 0.29) is 23.0 Å². The van der Waals surface area contributed by atoms with Crippen molar-refractivity contribution in [2.75, 3.05) is 32.3 Å². The van der Waals surface area contributed by atoms with E-state index in [9.17, 15) is 22.8 Å². The molecule has 1 N–H and O–H groups in total. The Bertz CT molecular complexity index is 1390. The summed E-state index contributed by atoms with van der Waals surface area (Å²) in [5.41, 5.74) is 1.85. The van der Waals surface area contributed by atoms with Gasteiger partial charge in [0.15, 0.2) is 0 Å². The predicted molar refractivity (Wildman–Crippen MR) is 131 cm³/mol. The summed E-state index contributed by atoms with van der Waals surface area (Å²) in [4.78, 5) is 36.6. The van der Waals surface area contributed by atoms with Crippen molar-refractivity contribution in [1.29, 1.82) is 0 Å². The van der Waals surface area contributed by atoms with Crippen molar-refractivity contribution >= 4 is 17.5 Å². The maximum Gasteiger partial charge on any atom is 0.408 e. The number of aromatic nitrogens is 4. The molecule has 0 atom stereocenters. The Hall–Kier alpha value is -4.00. The van der Waals surface area contributed by atoms with E-state index < -0.39 is 24.2 Å². The number of methoxy groups -OCH3 is 2. The second-order valence-electron chi connectivity index (χ2n) is 9.29. The van der Waals surface area contributed by atoms with Gasteiger partial charge in [-0.15, -0.1) is 0 Å². The maximum absolute atomic E-state index is 13.5. The Morgan fingerprint density at radius 3 is 2.58 bits per heavy atom. The molecular weight excluding hydrogens is 505 g/mol. The van der Waals surface area contributed by atoms with Crippen LogP contribution in [-0.4, -0.2) is 65.1 Å². The smallest absolute Gasteiger partial charge is 0.408 e. The van der Waals surface area contributed by atoms with Gasteiger partial charge in [-0.1, -0.05) is 0 Å². The molecule has 4 heterocycles. The SMILES string of the molecule is COCCNC(=O)c1cc(-c2cc(C)c3c(n2)C(C)(C)N(c2cnn(CC(F)(F)F)c2)C3=O)cnc1OC. The fraction of sp³-hybridized carbons (Fsp3) is 0.400. The molecule has 0 unspecified atom stereocenters. The largest absolute Gasteiger partial charge is 0.480 e. The zero-order chi connectivity index (χ0) is 27.8. The molecule has 0 saturated carbocycles. The van der Waals surface area contributed by atoms with Crippen LogP contribution in [0.4, 0.5) is 18.9 Å². The van der Waals surface area contributed by atoms with E-state index in [4.69, 9.17) is 14.5 Å². The number of hydrogen-bond acceptors (Lipinski definition) is 7. The van der Waals surface area contributed by atoms with Gasteiger partial charge in [-0.25, -0.2) is 9.97 Å². The van der Waals surface area contributed by atoms with E-state index in [0.29, 0.717) is 41.2 Å². The maximum atomic E-state index is 13.5. The average molecular weight is 533 g/mol. The van der Waals surface area contributed by atoms with Crippen LogP contribution in [0.2, 0.25) is 0 Å². The molecule has 2 amide bonds. The lowest BCUT2D eigenvalue weighted by molar-refractivity contribution is -0.142. The van der Waals surface area contributed by atoms with Crippen LogP contribution in [0.5, 0.6) is 5.88 Å². The molecule has 0 saturated heterocycles. The Balaban J connectivity index is 1.72. The molecule has 10 nitrogen and oxygen atoms in total. The molecule has 38 heavy (non-hydrogen) atoms. The molecule has 0 aromatic carbocycles. The summed E-state index contributed by atoms with van der Waals surface area (Å²) in [6.07, 6.45) is -0.510. The summed E-state index contributed by atoms with van der Waals surface area (Å²) in [5.74, 6) is -0.651. The van der Waals surface area contributed by atoms with E-state index in [1.165, 1.54) is 37.7 Å².